The van der Waals surface area contributed by atoms with Crippen molar-refractivity contribution in [3.63, 3.8) is 0 Å². The predicted molar refractivity (Wildman–Crippen MR) is 129 cm³/mol. The molecule has 4 heterocycles. The summed E-state index contributed by atoms with van der Waals surface area (Å²) in [5.41, 5.74) is 4.81. The van der Waals surface area contributed by atoms with Gasteiger partial charge in [0.05, 0.1) is 49.3 Å². The van der Waals surface area contributed by atoms with Crippen LogP contribution in [0.1, 0.15) is 28.9 Å². The number of halogens is 1. The first kappa shape index (κ1) is 21.7. The molecule has 0 N–H and O–H groups in total. The van der Waals surface area contributed by atoms with Crippen LogP contribution < -0.4 is 0 Å². The molecule has 0 radical (unpaired) electrons. The largest absolute Gasteiger partial charge is 0.373 e. The Kier molecular flexibility index (Phi) is 5.66. The third-order valence-electron chi connectivity index (χ3n) is 6.82. The summed E-state index contributed by atoms with van der Waals surface area (Å²) < 4.78 is 22.8. The first-order valence-corrected chi connectivity index (χ1v) is 12.0. The fourth-order valence-electron chi connectivity index (χ4n) is 5.06. The van der Waals surface area contributed by atoms with Crippen molar-refractivity contribution in [3.8, 4) is 22.5 Å². The zero-order chi connectivity index (χ0) is 23.8. The molecule has 0 bridgehead atoms. The molecule has 4 aromatic rings. The van der Waals surface area contributed by atoms with Crippen LogP contribution in [-0.2, 0) is 24.4 Å². The highest BCUT2D eigenvalue weighted by atomic mass is 19.1. The molecule has 6 rings (SSSR count). The van der Waals surface area contributed by atoms with Crippen LogP contribution >= 0.6 is 0 Å². The molecule has 2 aromatic heterocycles. The SMILES string of the molecule is O=C(c1c(-c2ccccc2)nn2c1COCC2)N1CCC[C@H]1Cn1ccc(-c2ccc(F)cc2)n1. The van der Waals surface area contributed by atoms with Crippen molar-refractivity contribution in [1.82, 2.24) is 24.5 Å². The summed E-state index contributed by atoms with van der Waals surface area (Å²) in [6.07, 6.45) is 3.78. The van der Waals surface area contributed by atoms with E-state index in [0.29, 0.717) is 38.4 Å². The smallest absolute Gasteiger partial charge is 0.258 e. The van der Waals surface area contributed by atoms with Crippen molar-refractivity contribution in [3.05, 3.63) is 83.9 Å². The number of rotatable bonds is 5. The number of nitrogens with zero attached hydrogens (tertiary/aromatic N) is 5. The number of hydrogen-bond donors (Lipinski definition) is 0. The highest BCUT2D eigenvalue weighted by Crippen LogP contribution is 2.31. The van der Waals surface area contributed by atoms with Gasteiger partial charge in [-0.25, -0.2) is 4.39 Å². The molecule has 1 fully saturated rings. The van der Waals surface area contributed by atoms with Gasteiger partial charge in [0, 0.05) is 23.9 Å². The molecular formula is C27H26FN5O2. The van der Waals surface area contributed by atoms with Gasteiger partial charge in [0.2, 0.25) is 0 Å². The highest BCUT2D eigenvalue weighted by molar-refractivity contribution is 6.01. The quantitative estimate of drug-likeness (QED) is 0.433. The zero-order valence-electron chi connectivity index (χ0n) is 19.3. The monoisotopic (exact) mass is 471 g/mol. The van der Waals surface area contributed by atoms with Gasteiger partial charge < -0.3 is 9.64 Å². The Morgan fingerprint density at radius 3 is 2.66 bits per heavy atom. The van der Waals surface area contributed by atoms with Gasteiger partial charge in [-0.15, -0.1) is 0 Å². The molecule has 178 valence electrons. The number of likely N-dealkylation sites (tertiary alicyclic amines) is 1. The first-order valence-electron chi connectivity index (χ1n) is 12.0. The van der Waals surface area contributed by atoms with Crippen LogP contribution in [0.25, 0.3) is 22.5 Å². The molecule has 35 heavy (non-hydrogen) atoms. The number of ether oxygens (including phenoxy) is 1. The predicted octanol–water partition coefficient (Wildman–Crippen LogP) is 4.39. The average Bonchev–Trinajstić information content (AvgIpc) is 3.63. The Hall–Kier alpha value is -3.78. The maximum absolute atomic E-state index is 14.0. The van der Waals surface area contributed by atoms with Gasteiger partial charge >= 0.3 is 0 Å². The topological polar surface area (TPSA) is 65.2 Å². The summed E-state index contributed by atoms with van der Waals surface area (Å²) in [5, 5.41) is 9.50. The zero-order valence-corrected chi connectivity index (χ0v) is 19.3. The molecule has 7 nitrogen and oxygen atoms in total. The summed E-state index contributed by atoms with van der Waals surface area (Å²) in [7, 11) is 0. The second-order valence-electron chi connectivity index (χ2n) is 9.04. The fraction of sp³-hybridized carbons (Fsp3) is 0.296. The number of carbonyl (C=O) groups excluding carboxylic acids is 1. The number of amides is 1. The van der Waals surface area contributed by atoms with E-state index in [4.69, 9.17) is 9.84 Å². The Labute approximate surface area is 202 Å². The van der Waals surface area contributed by atoms with E-state index in [9.17, 15) is 9.18 Å². The highest BCUT2D eigenvalue weighted by Gasteiger charge is 2.35. The molecule has 2 aromatic carbocycles. The third-order valence-corrected chi connectivity index (χ3v) is 6.82. The summed E-state index contributed by atoms with van der Waals surface area (Å²) in [6, 6.07) is 18.2. The van der Waals surface area contributed by atoms with E-state index < -0.39 is 0 Å². The maximum Gasteiger partial charge on any atom is 0.258 e. The van der Waals surface area contributed by atoms with Gasteiger partial charge in [-0.05, 0) is 43.2 Å². The molecule has 0 aliphatic carbocycles. The summed E-state index contributed by atoms with van der Waals surface area (Å²) >= 11 is 0. The lowest BCUT2D eigenvalue weighted by atomic mass is 10.0. The first-order chi connectivity index (χ1) is 17.2. The van der Waals surface area contributed by atoms with E-state index in [0.717, 1.165) is 41.1 Å². The minimum atomic E-state index is -0.268. The van der Waals surface area contributed by atoms with Gasteiger partial charge in [-0.3, -0.25) is 14.2 Å². The van der Waals surface area contributed by atoms with Crippen molar-refractivity contribution >= 4 is 5.91 Å². The van der Waals surface area contributed by atoms with E-state index >= 15 is 0 Å². The van der Waals surface area contributed by atoms with E-state index in [-0.39, 0.29) is 17.8 Å². The number of benzene rings is 2. The van der Waals surface area contributed by atoms with E-state index in [2.05, 4.69) is 5.10 Å². The molecule has 2 aliphatic heterocycles. The molecule has 1 amide bonds. The summed E-state index contributed by atoms with van der Waals surface area (Å²) in [5.74, 6) is -0.264. The van der Waals surface area contributed by atoms with Crippen molar-refractivity contribution in [1.29, 1.82) is 0 Å². The lowest BCUT2D eigenvalue weighted by molar-refractivity contribution is 0.0675. The summed E-state index contributed by atoms with van der Waals surface area (Å²) in [4.78, 5) is 16.0. The van der Waals surface area contributed by atoms with Gasteiger partial charge in [0.15, 0.2) is 0 Å². The lowest BCUT2D eigenvalue weighted by Gasteiger charge is -2.26. The Morgan fingerprint density at radius 2 is 1.83 bits per heavy atom. The number of carbonyl (C=O) groups is 1. The number of fused-ring (bicyclic) bond motifs is 1. The molecule has 0 unspecified atom stereocenters. The van der Waals surface area contributed by atoms with Crippen LogP contribution in [0.15, 0.2) is 66.9 Å². The van der Waals surface area contributed by atoms with Crippen LogP contribution in [0.3, 0.4) is 0 Å². The maximum atomic E-state index is 14.0. The van der Waals surface area contributed by atoms with Crippen LogP contribution in [0.2, 0.25) is 0 Å². The minimum absolute atomic E-state index is 0.00372. The Balaban J connectivity index is 1.28. The molecule has 0 spiro atoms. The second kappa shape index (κ2) is 9.11. The van der Waals surface area contributed by atoms with Crippen molar-refractivity contribution in [2.24, 2.45) is 0 Å². The minimum Gasteiger partial charge on any atom is -0.373 e. The summed E-state index contributed by atoms with van der Waals surface area (Å²) in [6.45, 7) is 2.94. The normalized spacial score (nSPS) is 17.5. The third kappa shape index (κ3) is 4.14. The molecular weight excluding hydrogens is 445 g/mol. The number of aromatic nitrogens is 4. The van der Waals surface area contributed by atoms with Crippen molar-refractivity contribution in [2.75, 3.05) is 13.2 Å². The van der Waals surface area contributed by atoms with Crippen LogP contribution in [0.5, 0.6) is 0 Å². The van der Waals surface area contributed by atoms with E-state index in [1.165, 1.54) is 12.1 Å². The fourth-order valence-corrected chi connectivity index (χ4v) is 5.06. The van der Waals surface area contributed by atoms with Gasteiger partial charge in [0.1, 0.15) is 11.5 Å². The molecule has 1 atom stereocenters. The number of hydrogen-bond acceptors (Lipinski definition) is 4. The molecule has 8 heteroatoms. The Morgan fingerprint density at radius 1 is 1.00 bits per heavy atom. The van der Waals surface area contributed by atoms with Gasteiger partial charge in [-0.1, -0.05) is 30.3 Å². The van der Waals surface area contributed by atoms with Crippen LogP contribution in [0.4, 0.5) is 4.39 Å². The molecule has 0 saturated carbocycles. The van der Waals surface area contributed by atoms with E-state index in [1.807, 2.05) is 56.9 Å². The van der Waals surface area contributed by atoms with Crippen LogP contribution in [-0.4, -0.2) is 49.6 Å². The van der Waals surface area contributed by atoms with Gasteiger partial charge in [-0.2, -0.15) is 10.2 Å². The average molecular weight is 472 g/mol. The Bertz CT molecular complexity index is 1350. The molecule has 2 aliphatic rings. The molecule has 1 saturated heterocycles. The van der Waals surface area contributed by atoms with E-state index in [1.54, 1.807) is 12.1 Å². The second-order valence-corrected chi connectivity index (χ2v) is 9.04. The van der Waals surface area contributed by atoms with Crippen LogP contribution in [0, 0.1) is 5.82 Å². The van der Waals surface area contributed by atoms with Crippen molar-refractivity contribution < 1.29 is 13.9 Å². The van der Waals surface area contributed by atoms with Gasteiger partial charge in [0.25, 0.3) is 5.91 Å². The lowest BCUT2D eigenvalue weighted by Crippen LogP contribution is -2.39. The standard InChI is InChI=1S/C27H26FN5O2/c28-21-10-8-19(9-11-21)23-12-14-31(29-23)17-22-7-4-13-32(22)27(34)25-24-18-35-16-15-33(24)30-26(25)20-5-2-1-3-6-20/h1-3,5-6,8-12,14,22H,4,7,13,15-18H2/t22-/m0/s1. The van der Waals surface area contributed by atoms with Crippen molar-refractivity contribution in [2.45, 2.75) is 38.6 Å².